The van der Waals surface area contributed by atoms with E-state index in [0.29, 0.717) is 0 Å². The lowest BCUT2D eigenvalue weighted by atomic mass is 10.3. The van der Waals surface area contributed by atoms with Gasteiger partial charge in [0.2, 0.25) is 5.91 Å². The van der Waals surface area contributed by atoms with Gasteiger partial charge in [0.05, 0.1) is 32.1 Å². The van der Waals surface area contributed by atoms with E-state index in [-0.39, 0.29) is 37.6 Å². The highest BCUT2D eigenvalue weighted by atomic mass is 16.5. The smallest absolute Gasteiger partial charge is 0.355 e. The van der Waals surface area contributed by atoms with Gasteiger partial charge in [0, 0.05) is 0 Å². The number of rotatable bonds is 4. The molecule has 0 atom stereocenters. The zero-order valence-electron chi connectivity index (χ0n) is 8.39. The first-order valence-corrected chi connectivity index (χ1v) is 4.61. The Kier molecular flexibility index (Phi) is 3.80. The number of nitrogens with zero attached hydrogens (tertiary/aromatic N) is 3. The molecule has 0 fully saturated rings. The van der Waals surface area contributed by atoms with E-state index >= 15 is 0 Å². The number of carbonyl (C=O) groups is 2. The van der Waals surface area contributed by atoms with E-state index in [1.807, 2.05) is 6.07 Å². The van der Waals surface area contributed by atoms with Crippen LogP contribution < -0.4 is 0 Å². The predicted octanol–water partition coefficient (Wildman–Crippen LogP) is 0.0515. The molecule has 1 rings (SSSR count). The van der Waals surface area contributed by atoms with Crippen LogP contribution in [0.25, 0.3) is 0 Å². The molecule has 0 radical (unpaired) electrons. The molecule has 1 amide bonds. The number of ether oxygens (including phenoxy) is 1. The van der Waals surface area contributed by atoms with E-state index in [2.05, 4.69) is 5.10 Å². The Balaban J connectivity index is 2.59. The number of hydrazone groups is 1. The van der Waals surface area contributed by atoms with Crippen molar-refractivity contribution in [1.29, 1.82) is 5.26 Å². The lowest BCUT2D eigenvalue weighted by Gasteiger charge is -2.07. The summed E-state index contributed by atoms with van der Waals surface area (Å²) in [5, 5.41) is 13.3. The molecule has 6 heteroatoms. The Morgan fingerprint density at radius 3 is 3.07 bits per heavy atom. The van der Waals surface area contributed by atoms with Gasteiger partial charge in [0.1, 0.15) is 0 Å². The van der Waals surface area contributed by atoms with Gasteiger partial charge in [-0.1, -0.05) is 0 Å². The maximum Gasteiger partial charge on any atom is 0.355 e. The van der Waals surface area contributed by atoms with Crippen molar-refractivity contribution in [2.24, 2.45) is 5.10 Å². The van der Waals surface area contributed by atoms with Crippen LogP contribution in [0.1, 0.15) is 19.8 Å². The molecule has 0 aromatic carbocycles. The van der Waals surface area contributed by atoms with E-state index in [1.165, 1.54) is 0 Å². The first kappa shape index (κ1) is 11.2. The lowest BCUT2D eigenvalue weighted by Crippen LogP contribution is -2.21. The van der Waals surface area contributed by atoms with Gasteiger partial charge >= 0.3 is 5.97 Å². The van der Waals surface area contributed by atoms with Crippen molar-refractivity contribution in [3.05, 3.63) is 0 Å². The number of esters is 1. The number of hydrogen-bond donors (Lipinski definition) is 0. The summed E-state index contributed by atoms with van der Waals surface area (Å²) in [5.41, 5.74) is 0.111. The molecule has 0 unspecified atom stereocenters. The zero-order valence-corrected chi connectivity index (χ0v) is 8.39. The summed E-state index contributed by atoms with van der Waals surface area (Å²) >= 11 is 0. The van der Waals surface area contributed by atoms with Crippen LogP contribution in [-0.2, 0) is 14.3 Å². The molecule has 15 heavy (non-hydrogen) atoms. The standard InChI is InChI=1S/C9H11N3O3/c1-2-15-9(14)7-6-8(13)12(11-7)5-3-4-10/h2-3,5-6H2,1H3. The van der Waals surface area contributed by atoms with E-state index < -0.39 is 5.97 Å². The molecule has 0 saturated heterocycles. The van der Waals surface area contributed by atoms with Gasteiger partial charge in [-0.25, -0.2) is 9.80 Å². The number of nitriles is 1. The molecular formula is C9H11N3O3. The molecule has 0 aromatic rings. The molecule has 0 N–H and O–H groups in total. The molecule has 1 aliphatic rings. The van der Waals surface area contributed by atoms with Gasteiger partial charge in [0.25, 0.3) is 0 Å². The molecule has 6 nitrogen and oxygen atoms in total. The van der Waals surface area contributed by atoms with Crippen LogP contribution in [0.15, 0.2) is 5.10 Å². The summed E-state index contributed by atoms with van der Waals surface area (Å²) < 4.78 is 4.71. The fourth-order valence-corrected chi connectivity index (χ4v) is 1.13. The van der Waals surface area contributed by atoms with Crippen molar-refractivity contribution in [2.75, 3.05) is 13.2 Å². The third-order valence-corrected chi connectivity index (χ3v) is 1.79. The number of carbonyl (C=O) groups excluding carboxylic acids is 2. The van der Waals surface area contributed by atoms with Crippen molar-refractivity contribution < 1.29 is 14.3 Å². The summed E-state index contributed by atoms with van der Waals surface area (Å²) in [6.07, 6.45) is 0.162. The lowest BCUT2D eigenvalue weighted by molar-refractivity contribution is -0.135. The van der Waals surface area contributed by atoms with Gasteiger partial charge < -0.3 is 4.74 Å². The molecule has 0 aliphatic carbocycles. The highest BCUT2D eigenvalue weighted by molar-refractivity contribution is 6.41. The Hall–Kier alpha value is -1.90. The summed E-state index contributed by atoms with van der Waals surface area (Å²) in [7, 11) is 0. The molecule has 0 bridgehead atoms. The quantitative estimate of drug-likeness (QED) is 0.612. The molecule has 0 spiro atoms. The van der Waals surface area contributed by atoms with Crippen molar-refractivity contribution >= 4 is 17.6 Å². The highest BCUT2D eigenvalue weighted by Crippen LogP contribution is 2.09. The molecule has 80 valence electrons. The topological polar surface area (TPSA) is 82.8 Å². The number of amides is 1. The second kappa shape index (κ2) is 5.10. The average Bonchev–Trinajstić information content (AvgIpc) is 2.57. The van der Waals surface area contributed by atoms with Crippen LogP contribution in [-0.4, -0.2) is 35.7 Å². The van der Waals surface area contributed by atoms with Crippen LogP contribution in [0, 0.1) is 11.3 Å². The first-order chi connectivity index (χ1) is 7.19. The van der Waals surface area contributed by atoms with Crippen LogP contribution in [0.2, 0.25) is 0 Å². The van der Waals surface area contributed by atoms with E-state index in [4.69, 9.17) is 10.00 Å². The Labute approximate surface area is 87.1 Å². The van der Waals surface area contributed by atoms with Gasteiger partial charge in [-0.15, -0.1) is 0 Å². The summed E-state index contributed by atoms with van der Waals surface area (Å²) in [6, 6.07) is 1.91. The Morgan fingerprint density at radius 2 is 2.47 bits per heavy atom. The molecule has 1 heterocycles. The minimum Gasteiger partial charge on any atom is -0.461 e. The fraction of sp³-hybridized carbons (Fsp3) is 0.556. The van der Waals surface area contributed by atoms with E-state index in [9.17, 15) is 9.59 Å². The maximum absolute atomic E-state index is 11.3. The normalized spacial score (nSPS) is 14.8. The summed E-state index contributed by atoms with van der Waals surface area (Å²) in [4.78, 5) is 22.5. The van der Waals surface area contributed by atoms with Gasteiger partial charge in [0.15, 0.2) is 5.71 Å². The second-order valence-corrected chi connectivity index (χ2v) is 2.87. The number of hydrogen-bond acceptors (Lipinski definition) is 5. The van der Waals surface area contributed by atoms with Crippen molar-refractivity contribution in [2.45, 2.75) is 19.8 Å². The van der Waals surface area contributed by atoms with Crippen molar-refractivity contribution in [3.63, 3.8) is 0 Å². The molecule has 1 aliphatic heterocycles. The summed E-state index contributed by atoms with van der Waals surface area (Å²) in [5.74, 6) is -0.835. The molecular weight excluding hydrogens is 198 g/mol. The van der Waals surface area contributed by atoms with E-state index in [0.717, 1.165) is 5.01 Å². The van der Waals surface area contributed by atoms with Crippen LogP contribution in [0.4, 0.5) is 0 Å². The highest BCUT2D eigenvalue weighted by Gasteiger charge is 2.28. The minimum absolute atomic E-state index is 0.0374. The zero-order chi connectivity index (χ0) is 11.3. The van der Waals surface area contributed by atoms with Gasteiger partial charge in [-0.2, -0.15) is 10.4 Å². The average molecular weight is 209 g/mol. The SMILES string of the molecule is CCOC(=O)C1=NN(CCC#N)C(=O)C1. The van der Waals surface area contributed by atoms with E-state index in [1.54, 1.807) is 6.92 Å². The summed E-state index contributed by atoms with van der Waals surface area (Å²) in [6.45, 7) is 2.16. The van der Waals surface area contributed by atoms with Crippen LogP contribution in [0.5, 0.6) is 0 Å². The van der Waals surface area contributed by atoms with Crippen LogP contribution in [0.3, 0.4) is 0 Å². The van der Waals surface area contributed by atoms with Gasteiger partial charge in [-0.3, -0.25) is 4.79 Å². The Morgan fingerprint density at radius 1 is 1.73 bits per heavy atom. The second-order valence-electron chi connectivity index (χ2n) is 2.87. The molecule has 0 aromatic heterocycles. The maximum atomic E-state index is 11.3. The van der Waals surface area contributed by atoms with Crippen molar-refractivity contribution in [3.8, 4) is 6.07 Å². The Bertz CT molecular complexity index is 343. The largest absolute Gasteiger partial charge is 0.461 e. The van der Waals surface area contributed by atoms with Gasteiger partial charge in [-0.05, 0) is 6.92 Å². The minimum atomic E-state index is -0.565. The first-order valence-electron chi connectivity index (χ1n) is 4.61. The fourth-order valence-electron chi connectivity index (χ4n) is 1.13. The van der Waals surface area contributed by atoms with Crippen molar-refractivity contribution in [1.82, 2.24) is 5.01 Å². The third kappa shape index (κ3) is 2.77. The predicted molar refractivity (Wildman–Crippen MR) is 50.6 cm³/mol. The molecule has 0 saturated carbocycles. The monoisotopic (exact) mass is 209 g/mol. The third-order valence-electron chi connectivity index (χ3n) is 1.79. The van der Waals surface area contributed by atoms with Crippen LogP contribution >= 0.6 is 0 Å².